The van der Waals surface area contributed by atoms with Crippen LogP contribution >= 0.6 is 11.8 Å². The maximum absolute atomic E-state index is 13.1. The predicted octanol–water partition coefficient (Wildman–Crippen LogP) is 3.93. The van der Waals surface area contributed by atoms with Gasteiger partial charge in [-0.25, -0.2) is 17.8 Å². The Bertz CT molecular complexity index is 942. The number of pyridine rings is 1. The van der Waals surface area contributed by atoms with Crippen molar-refractivity contribution in [2.45, 2.75) is 42.5 Å². The van der Waals surface area contributed by atoms with E-state index in [2.05, 4.69) is 4.98 Å². The minimum atomic E-state index is -3.53. The summed E-state index contributed by atoms with van der Waals surface area (Å²) >= 11 is 1.24. The van der Waals surface area contributed by atoms with Gasteiger partial charge in [0, 0.05) is 31.5 Å². The van der Waals surface area contributed by atoms with Crippen LogP contribution in [0.2, 0.25) is 0 Å². The molecule has 2 heterocycles. The molecule has 0 spiro atoms. The van der Waals surface area contributed by atoms with Crippen molar-refractivity contribution in [3.63, 3.8) is 0 Å². The molecule has 1 fully saturated rings. The number of benzene rings is 1. The molecule has 0 radical (unpaired) electrons. The summed E-state index contributed by atoms with van der Waals surface area (Å²) in [5.41, 5.74) is 0.636. The van der Waals surface area contributed by atoms with Crippen LogP contribution in [0.5, 0.6) is 0 Å². The van der Waals surface area contributed by atoms with Crippen LogP contribution in [0, 0.1) is 5.82 Å². The Kier molecular flexibility index (Phi) is 7.85. The molecule has 2 aromatic rings. The molecule has 162 valence electrons. The number of anilines is 1. The van der Waals surface area contributed by atoms with E-state index in [9.17, 15) is 17.6 Å². The molecule has 6 nitrogen and oxygen atoms in total. The zero-order valence-electron chi connectivity index (χ0n) is 17.0. The Morgan fingerprint density at radius 3 is 2.33 bits per heavy atom. The van der Waals surface area contributed by atoms with Crippen LogP contribution in [0.1, 0.15) is 32.6 Å². The normalized spacial score (nSPS) is 15.5. The van der Waals surface area contributed by atoms with Crippen LogP contribution < -0.4 is 4.90 Å². The molecular weight excluding hydrogens is 425 g/mol. The summed E-state index contributed by atoms with van der Waals surface area (Å²) in [4.78, 5) is 18.6. The summed E-state index contributed by atoms with van der Waals surface area (Å²) in [6, 6.07) is 8.98. The number of nitrogens with zero attached hydrogens (tertiary/aromatic N) is 3. The standard InChI is InChI=1S/C21H26FN3O3S2/c1-2-25(18-9-7-17(22)8-10-18)21(26)16-29-20-12-11-19(15-23-20)30(27,28)24-13-5-3-4-6-14-24/h7-12,15H,2-6,13-14,16H2,1H3. The van der Waals surface area contributed by atoms with Crippen LogP contribution in [0.3, 0.4) is 0 Å². The minimum absolute atomic E-state index is 0.128. The third kappa shape index (κ3) is 5.59. The Morgan fingerprint density at radius 1 is 1.10 bits per heavy atom. The van der Waals surface area contributed by atoms with E-state index in [1.54, 1.807) is 29.2 Å². The second kappa shape index (κ2) is 10.4. The van der Waals surface area contributed by atoms with Crippen molar-refractivity contribution >= 4 is 33.4 Å². The molecule has 0 saturated carbocycles. The van der Waals surface area contributed by atoms with Gasteiger partial charge in [-0.05, 0) is 56.2 Å². The third-order valence-electron chi connectivity index (χ3n) is 5.01. The van der Waals surface area contributed by atoms with Crippen molar-refractivity contribution in [1.29, 1.82) is 0 Å². The molecule has 3 rings (SSSR count). The fourth-order valence-corrected chi connectivity index (χ4v) is 5.56. The van der Waals surface area contributed by atoms with E-state index in [1.807, 2.05) is 6.92 Å². The highest BCUT2D eigenvalue weighted by Gasteiger charge is 2.25. The lowest BCUT2D eigenvalue weighted by atomic mass is 10.2. The van der Waals surface area contributed by atoms with Gasteiger partial charge in [0.15, 0.2) is 0 Å². The zero-order chi connectivity index (χ0) is 21.6. The SMILES string of the molecule is CCN(C(=O)CSc1ccc(S(=O)(=O)N2CCCCCC2)cn1)c1ccc(F)cc1. The second-order valence-corrected chi connectivity index (χ2v) is 9.99. The number of carbonyl (C=O) groups excluding carboxylic acids is 1. The monoisotopic (exact) mass is 451 g/mol. The topological polar surface area (TPSA) is 70.6 Å². The van der Waals surface area contributed by atoms with Gasteiger partial charge < -0.3 is 4.90 Å². The Hall–Kier alpha value is -1.97. The van der Waals surface area contributed by atoms with E-state index in [0.29, 0.717) is 30.3 Å². The molecule has 0 atom stereocenters. The molecule has 1 aromatic heterocycles. The number of rotatable bonds is 7. The molecule has 0 N–H and O–H groups in total. The first-order valence-electron chi connectivity index (χ1n) is 10.1. The van der Waals surface area contributed by atoms with E-state index in [0.717, 1.165) is 25.7 Å². The molecule has 30 heavy (non-hydrogen) atoms. The third-order valence-corrected chi connectivity index (χ3v) is 7.82. The lowest BCUT2D eigenvalue weighted by Gasteiger charge is -2.21. The smallest absolute Gasteiger partial charge is 0.244 e. The molecule has 1 aliphatic rings. The highest BCUT2D eigenvalue weighted by Crippen LogP contribution is 2.23. The minimum Gasteiger partial charge on any atom is -0.312 e. The van der Waals surface area contributed by atoms with E-state index >= 15 is 0 Å². The van der Waals surface area contributed by atoms with Crippen molar-refractivity contribution in [2.75, 3.05) is 30.3 Å². The van der Waals surface area contributed by atoms with E-state index in [4.69, 9.17) is 0 Å². The number of halogens is 1. The van der Waals surface area contributed by atoms with E-state index < -0.39 is 10.0 Å². The zero-order valence-corrected chi connectivity index (χ0v) is 18.6. The summed E-state index contributed by atoms with van der Waals surface area (Å²) in [7, 11) is -3.53. The van der Waals surface area contributed by atoms with Gasteiger partial charge in [0.2, 0.25) is 15.9 Å². The summed E-state index contributed by atoms with van der Waals surface area (Å²) in [6.07, 6.45) is 5.24. The van der Waals surface area contributed by atoms with Gasteiger partial charge >= 0.3 is 0 Å². The molecule has 9 heteroatoms. The fraction of sp³-hybridized carbons (Fsp3) is 0.429. The van der Waals surface area contributed by atoms with E-state index in [-0.39, 0.29) is 22.4 Å². The van der Waals surface area contributed by atoms with Crippen molar-refractivity contribution in [3.05, 3.63) is 48.4 Å². The van der Waals surface area contributed by atoms with Crippen molar-refractivity contribution in [3.8, 4) is 0 Å². The average molecular weight is 452 g/mol. The lowest BCUT2D eigenvalue weighted by Crippen LogP contribution is -2.32. The lowest BCUT2D eigenvalue weighted by molar-refractivity contribution is -0.116. The van der Waals surface area contributed by atoms with Crippen LogP contribution in [-0.2, 0) is 14.8 Å². The van der Waals surface area contributed by atoms with Crippen molar-refractivity contribution in [1.82, 2.24) is 9.29 Å². The van der Waals surface area contributed by atoms with Crippen molar-refractivity contribution < 1.29 is 17.6 Å². The first-order chi connectivity index (χ1) is 14.4. The number of sulfonamides is 1. The Balaban J connectivity index is 1.62. The van der Waals surface area contributed by atoms with Gasteiger partial charge in [-0.3, -0.25) is 4.79 Å². The van der Waals surface area contributed by atoms with Gasteiger partial charge in [0.1, 0.15) is 10.7 Å². The summed E-state index contributed by atoms with van der Waals surface area (Å²) in [5, 5.41) is 0.577. The summed E-state index contributed by atoms with van der Waals surface area (Å²) < 4.78 is 40.3. The van der Waals surface area contributed by atoms with Crippen LogP contribution in [-0.4, -0.2) is 49.0 Å². The first kappa shape index (κ1) is 22.7. The summed E-state index contributed by atoms with van der Waals surface area (Å²) in [5.74, 6) is -0.329. The molecule has 1 aliphatic heterocycles. The predicted molar refractivity (Wildman–Crippen MR) is 117 cm³/mol. The maximum Gasteiger partial charge on any atom is 0.244 e. The number of hydrogen-bond donors (Lipinski definition) is 0. The van der Waals surface area contributed by atoms with Crippen LogP contribution in [0.4, 0.5) is 10.1 Å². The maximum atomic E-state index is 13.1. The number of hydrogen-bond acceptors (Lipinski definition) is 5. The van der Waals surface area contributed by atoms with Gasteiger partial charge in [-0.1, -0.05) is 24.6 Å². The Labute approximate surface area is 181 Å². The summed E-state index contributed by atoms with van der Waals surface area (Å²) in [6.45, 7) is 3.41. The number of aromatic nitrogens is 1. The molecular formula is C21H26FN3O3S2. The number of carbonyl (C=O) groups is 1. The number of thioether (sulfide) groups is 1. The number of amides is 1. The Morgan fingerprint density at radius 2 is 1.77 bits per heavy atom. The van der Waals surface area contributed by atoms with Crippen LogP contribution in [0.25, 0.3) is 0 Å². The molecule has 0 bridgehead atoms. The molecule has 0 unspecified atom stereocenters. The molecule has 1 saturated heterocycles. The second-order valence-electron chi connectivity index (χ2n) is 7.05. The highest BCUT2D eigenvalue weighted by molar-refractivity contribution is 7.99. The molecule has 0 aliphatic carbocycles. The van der Waals surface area contributed by atoms with Gasteiger partial charge in [0.05, 0.1) is 10.8 Å². The fourth-order valence-electron chi connectivity index (χ4n) is 3.37. The van der Waals surface area contributed by atoms with E-state index in [1.165, 1.54) is 34.4 Å². The first-order valence-corrected chi connectivity index (χ1v) is 12.5. The largest absolute Gasteiger partial charge is 0.312 e. The van der Waals surface area contributed by atoms with Crippen LogP contribution in [0.15, 0.2) is 52.5 Å². The molecule has 1 aromatic carbocycles. The quantitative estimate of drug-likeness (QED) is 0.597. The molecule has 1 amide bonds. The highest BCUT2D eigenvalue weighted by atomic mass is 32.2. The average Bonchev–Trinajstić information content (AvgIpc) is 3.05. The van der Waals surface area contributed by atoms with Gasteiger partial charge in [-0.2, -0.15) is 4.31 Å². The van der Waals surface area contributed by atoms with Crippen molar-refractivity contribution in [2.24, 2.45) is 0 Å². The van der Waals surface area contributed by atoms with Gasteiger partial charge in [-0.15, -0.1) is 0 Å². The van der Waals surface area contributed by atoms with Gasteiger partial charge in [0.25, 0.3) is 0 Å².